The van der Waals surface area contributed by atoms with Gasteiger partial charge in [0, 0.05) is 23.4 Å². The van der Waals surface area contributed by atoms with Crippen LogP contribution in [0.5, 0.6) is 5.75 Å². The van der Waals surface area contributed by atoms with Crippen LogP contribution < -0.4 is 15.8 Å². The number of hydrogen-bond donors (Lipinski definition) is 2. The topological polar surface area (TPSA) is 90.7 Å². The summed E-state index contributed by atoms with van der Waals surface area (Å²) in [5.74, 6) is -0.209. The summed E-state index contributed by atoms with van der Waals surface area (Å²) >= 11 is 0. The van der Waals surface area contributed by atoms with Gasteiger partial charge in [0.2, 0.25) is 5.91 Å². The molecule has 1 aliphatic rings. The minimum Gasteiger partial charge on any atom is -0.491 e. The Morgan fingerprint density at radius 3 is 2.72 bits per heavy atom. The lowest BCUT2D eigenvalue weighted by Crippen LogP contribution is -2.17. The second-order valence-electron chi connectivity index (χ2n) is 5.87. The van der Waals surface area contributed by atoms with Gasteiger partial charge in [-0.1, -0.05) is 12.1 Å². The highest BCUT2D eigenvalue weighted by Gasteiger charge is 2.16. The van der Waals surface area contributed by atoms with E-state index in [0.29, 0.717) is 29.2 Å². The van der Waals surface area contributed by atoms with E-state index in [-0.39, 0.29) is 12.0 Å². The molecule has 0 bridgehead atoms. The summed E-state index contributed by atoms with van der Waals surface area (Å²) < 4.78 is 11.2. The van der Waals surface area contributed by atoms with Crippen molar-refractivity contribution in [2.24, 2.45) is 5.73 Å². The molecule has 0 unspecified atom stereocenters. The highest BCUT2D eigenvalue weighted by Crippen LogP contribution is 2.18. The van der Waals surface area contributed by atoms with Gasteiger partial charge in [0.1, 0.15) is 12.4 Å². The number of anilines is 1. The third-order valence-electron chi connectivity index (χ3n) is 3.96. The van der Waals surface area contributed by atoms with Crippen molar-refractivity contribution in [1.82, 2.24) is 0 Å². The average molecular weight is 340 g/mol. The van der Waals surface area contributed by atoms with Gasteiger partial charge in [0.15, 0.2) is 0 Å². The van der Waals surface area contributed by atoms with E-state index in [9.17, 15) is 9.59 Å². The first-order chi connectivity index (χ1) is 12.1. The Morgan fingerprint density at radius 2 is 1.96 bits per heavy atom. The van der Waals surface area contributed by atoms with Crippen molar-refractivity contribution >= 4 is 17.5 Å². The lowest BCUT2D eigenvalue weighted by molar-refractivity contribution is 0.0679. The van der Waals surface area contributed by atoms with Crippen molar-refractivity contribution in [2.75, 3.05) is 18.5 Å². The van der Waals surface area contributed by atoms with Gasteiger partial charge < -0.3 is 20.5 Å². The van der Waals surface area contributed by atoms with Gasteiger partial charge in [-0.15, -0.1) is 0 Å². The summed E-state index contributed by atoms with van der Waals surface area (Å²) in [6.07, 6.45) is 2.17. The normalized spacial score (nSPS) is 16.4. The Morgan fingerprint density at radius 1 is 1.16 bits per heavy atom. The van der Waals surface area contributed by atoms with Crippen LogP contribution in [-0.4, -0.2) is 31.1 Å². The smallest absolute Gasteiger partial charge is 0.255 e. The molecule has 0 spiro atoms. The fourth-order valence-electron chi connectivity index (χ4n) is 2.65. The molecule has 0 aliphatic carbocycles. The molecular formula is C19H20N2O4. The van der Waals surface area contributed by atoms with Gasteiger partial charge >= 0.3 is 0 Å². The first-order valence-corrected chi connectivity index (χ1v) is 8.17. The van der Waals surface area contributed by atoms with Gasteiger partial charge in [-0.25, -0.2) is 0 Å². The number of amides is 2. The molecule has 1 aliphatic heterocycles. The third-order valence-corrected chi connectivity index (χ3v) is 3.96. The number of ether oxygens (including phenoxy) is 2. The highest BCUT2D eigenvalue weighted by atomic mass is 16.5. The van der Waals surface area contributed by atoms with Gasteiger partial charge in [-0.3, -0.25) is 9.59 Å². The van der Waals surface area contributed by atoms with Gasteiger partial charge in [-0.2, -0.15) is 0 Å². The van der Waals surface area contributed by atoms with Crippen molar-refractivity contribution in [1.29, 1.82) is 0 Å². The molecular weight excluding hydrogens is 320 g/mol. The molecule has 1 atom stereocenters. The van der Waals surface area contributed by atoms with Gasteiger partial charge in [0.25, 0.3) is 5.91 Å². The van der Waals surface area contributed by atoms with Crippen LogP contribution in [-0.2, 0) is 4.74 Å². The lowest BCUT2D eigenvalue weighted by atomic mass is 10.1. The summed E-state index contributed by atoms with van der Waals surface area (Å²) in [5.41, 5.74) is 6.56. The molecule has 1 fully saturated rings. The van der Waals surface area contributed by atoms with Crippen LogP contribution in [0.2, 0.25) is 0 Å². The van der Waals surface area contributed by atoms with Crippen LogP contribution >= 0.6 is 0 Å². The number of carbonyl (C=O) groups excluding carboxylic acids is 2. The molecule has 0 saturated carbocycles. The van der Waals surface area contributed by atoms with Crippen LogP contribution in [0.3, 0.4) is 0 Å². The van der Waals surface area contributed by atoms with E-state index in [0.717, 1.165) is 19.4 Å². The Labute approximate surface area is 145 Å². The Hall–Kier alpha value is -2.86. The quantitative estimate of drug-likeness (QED) is 0.846. The predicted octanol–water partition coefficient (Wildman–Crippen LogP) is 2.60. The first kappa shape index (κ1) is 17.0. The molecule has 3 rings (SSSR count). The molecule has 1 heterocycles. The zero-order valence-electron chi connectivity index (χ0n) is 13.7. The van der Waals surface area contributed by atoms with Crippen molar-refractivity contribution < 1.29 is 19.1 Å². The SMILES string of the molecule is NC(=O)c1cccc(NC(=O)c2cccc(OC[C@H]3CCCO3)c2)c1. The summed E-state index contributed by atoms with van der Waals surface area (Å²) in [6.45, 7) is 1.26. The van der Waals surface area contributed by atoms with E-state index in [1.165, 1.54) is 6.07 Å². The summed E-state index contributed by atoms with van der Waals surface area (Å²) in [5, 5.41) is 2.75. The molecule has 130 valence electrons. The van der Waals surface area contributed by atoms with E-state index in [4.69, 9.17) is 15.2 Å². The Bertz CT molecular complexity index is 770. The van der Waals surface area contributed by atoms with E-state index >= 15 is 0 Å². The minimum absolute atomic E-state index is 0.119. The van der Waals surface area contributed by atoms with E-state index in [1.54, 1.807) is 42.5 Å². The molecule has 25 heavy (non-hydrogen) atoms. The largest absolute Gasteiger partial charge is 0.491 e. The second-order valence-corrected chi connectivity index (χ2v) is 5.87. The standard InChI is InChI=1S/C19H20N2O4/c20-18(22)13-4-1-6-15(10-13)21-19(23)14-5-2-7-16(11-14)25-12-17-8-3-9-24-17/h1-2,4-7,10-11,17H,3,8-9,12H2,(H2,20,22)(H,21,23)/t17-/m1/s1. The number of nitrogens with two attached hydrogens (primary N) is 1. The van der Waals surface area contributed by atoms with Crippen LogP contribution in [0.1, 0.15) is 33.6 Å². The molecule has 2 aromatic carbocycles. The molecule has 6 heteroatoms. The van der Waals surface area contributed by atoms with E-state index in [2.05, 4.69) is 5.32 Å². The predicted molar refractivity (Wildman–Crippen MR) is 93.8 cm³/mol. The van der Waals surface area contributed by atoms with Crippen molar-refractivity contribution in [3.05, 3.63) is 59.7 Å². The molecule has 1 saturated heterocycles. The van der Waals surface area contributed by atoms with Gasteiger partial charge in [0.05, 0.1) is 6.10 Å². The minimum atomic E-state index is -0.541. The number of benzene rings is 2. The molecule has 2 amide bonds. The maximum absolute atomic E-state index is 12.4. The van der Waals surface area contributed by atoms with Crippen LogP contribution in [0, 0.1) is 0 Å². The Kier molecular flexibility index (Phi) is 5.30. The average Bonchev–Trinajstić information content (AvgIpc) is 3.14. The van der Waals surface area contributed by atoms with Gasteiger partial charge in [-0.05, 0) is 49.2 Å². The summed E-state index contributed by atoms with van der Waals surface area (Å²) in [6, 6.07) is 13.4. The lowest BCUT2D eigenvalue weighted by Gasteiger charge is -2.12. The molecule has 3 N–H and O–H groups in total. The molecule has 2 aromatic rings. The number of carbonyl (C=O) groups is 2. The molecule has 0 aromatic heterocycles. The molecule has 0 radical (unpaired) electrons. The number of primary amides is 1. The Balaban J connectivity index is 1.64. The van der Waals surface area contributed by atoms with E-state index in [1.807, 2.05) is 0 Å². The maximum Gasteiger partial charge on any atom is 0.255 e. The number of hydrogen-bond acceptors (Lipinski definition) is 4. The van der Waals surface area contributed by atoms with E-state index < -0.39 is 5.91 Å². The molecule has 6 nitrogen and oxygen atoms in total. The third kappa shape index (κ3) is 4.58. The number of nitrogens with one attached hydrogen (secondary N) is 1. The fourth-order valence-corrected chi connectivity index (χ4v) is 2.65. The number of rotatable bonds is 6. The first-order valence-electron chi connectivity index (χ1n) is 8.17. The monoisotopic (exact) mass is 340 g/mol. The second kappa shape index (κ2) is 7.81. The van der Waals surface area contributed by atoms with Crippen molar-refractivity contribution in [2.45, 2.75) is 18.9 Å². The zero-order chi connectivity index (χ0) is 17.6. The summed E-state index contributed by atoms with van der Waals surface area (Å²) in [7, 11) is 0. The van der Waals surface area contributed by atoms with Crippen molar-refractivity contribution in [3.63, 3.8) is 0 Å². The fraction of sp³-hybridized carbons (Fsp3) is 0.263. The maximum atomic E-state index is 12.4. The summed E-state index contributed by atoms with van der Waals surface area (Å²) in [4.78, 5) is 23.6. The van der Waals surface area contributed by atoms with Crippen LogP contribution in [0.25, 0.3) is 0 Å². The van der Waals surface area contributed by atoms with Crippen LogP contribution in [0.15, 0.2) is 48.5 Å². The van der Waals surface area contributed by atoms with Crippen LogP contribution in [0.4, 0.5) is 5.69 Å². The van der Waals surface area contributed by atoms with Crippen molar-refractivity contribution in [3.8, 4) is 5.75 Å². The zero-order valence-corrected chi connectivity index (χ0v) is 13.7. The highest BCUT2D eigenvalue weighted by molar-refractivity contribution is 6.05.